The second-order valence-electron chi connectivity index (χ2n) is 8.15. The summed E-state index contributed by atoms with van der Waals surface area (Å²) in [5.74, 6) is -1.01. The van der Waals surface area contributed by atoms with Gasteiger partial charge in [-0.1, -0.05) is 0 Å². The number of carbonyl (C=O) groups excluding carboxylic acids is 2. The SMILES string of the molecule is CC(C)(C)OC(=O)N1CCC(CC2CC(NC(=O)C(F)(F)F)C2)CC1. The van der Waals surface area contributed by atoms with Gasteiger partial charge in [0.15, 0.2) is 0 Å². The highest BCUT2D eigenvalue weighted by molar-refractivity contribution is 5.82. The molecule has 0 bridgehead atoms. The molecule has 8 heteroatoms. The zero-order valence-electron chi connectivity index (χ0n) is 15.0. The maximum Gasteiger partial charge on any atom is 0.471 e. The number of amides is 2. The van der Waals surface area contributed by atoms with Crippen molar-refractivity contribution in [2.24, 2.45) is 11.8 Å². The van der Waals surface area contributed by atoms with Crippen LogP contribution in [0.2, 0.25) is 0 Å². The van der Waals surface area contributed by atoms with Crippen LogP contribution < -0.4 is 5.32 Å². The Hall–Kier alpha value is -1.47. The molecule has 1 N–H and O–H groups in total. The third-order valence-corrected chi connectivity index (χ3v) is 4.76. The van der Waals surface area contributed by atoms with Gasteiger partial charge >= 0.3 is 18.2 Å². The number of likely N-dealkylation sites (tertiary alicyclic amines) is 1. The molecule has 0 unspecified atom stereocenters. The van der Waals surface area contributed by atoms with Gasteiger partial charge in [-0.15, -0.1) is 0 Å². The number of hydrogen-bond acceptors (Lipinski definition) is 3. The molecule has 1 saturated carbocycles. The Morgan fingerprint density at radius 1 is 1.08 bits per heavy atom. The summed E-state index contributed by atoms with van der Waals surface area (Å²) in [7, 11) is 0. The van der Waals surface area contributed by atoms with Gasteiger partial charge < -0.3 is 15.0 Å². The maximum absolute atomic E-state index is 12.2. The van der Waals surface area contributed by atoms with Crippen LogP contribution >= 0.6 is 0 Å². The highest BCUT2D eigenvalue weighted by atomic mass is 19.4. The number of rotatable bonds is 3. The van der Waals surface area contributed by atoms with E-state index in [4.69, 9.17) is 4.74 Å². The second kappa shape index (κ2) is 7.41. The minimum absolute atomic E-state index is 0.287. The van der Waals surface area contributed by atoms with Crippen LogP contribution in [0.15, 0.2) is 0 Å². The number of halogens is 3. The van der Waals surface area contributed by atoms with Gasteiger partial charge in [0, 0.05) is 19.1 Å². The Morgan fingerprint density at radius 3 is 2.12 bits per heavy atom. The van der Waals surface area contributed by atoms with Crippen molar-refractivity contribution in [1.29, 1.82) is 0 Å². The number of ether oxygens (including phenoxy) is 1. The van der Waals surface area contributed by atoms with Crippen molar-refractivity contribution in [3.8, 4) is 0 Å². The molecule has 0 aromatic carbocycles. The van der Waals surface area contributed by atoms with Gasteiger partial charge in [0.25, 0.3) is 0 Å². The Kier molecular flexibility index (Phi) is 5.89. The summed E-state index contributed by atoms with van der Waals surface area (Å²) in [6.07, 6.45) is -1.17. The molecule has 2 rings (SSSR count). The molecule has 144 valence electrons. The van der Waals surface area contributed by atoms with E-state index in [-0.39, 0.29) is 12.1 Å². The van der Waals surface area contributed by atoms with Gasteiger partial charge in [-0.25, -0.2) is 4.79 Å². The van der Waals surface area contributed by atoms with Crippen LogP contribution in [0.5, 0.6) is 0 Å². The molecule has 0 aromatic rings. The summed E-state index contributed by atoms with van der Waals surface area (Å²) in [5.41, 5.74) is -0.504. The number of carbonyl (C=O) groups is 2. The first-order valence-corrected chi connectivity index (χ1v) is 8.79. The minimum Gasteiger partial charge on any atom is -0.444 e. The molecular formula is C17H27F3N2O3. The smallest absolute Gasteiger partial charge is 0.444 e. The maximum atomic E-state index is 12.2. The molecule has 0 aromatic heterocycles. The van der Waals surface area contributed by atoms with Crippen LogP contribution in [0, 0.1) is 11.8 Å². The highest BCUT2D eigenvalue weighted by Crippen LogP contribution is 2.36. The van der Waals surface area contributed by atoms with E-state index < -0.39 is 17.7 Å². The van der Waals surface area contributed by atoms with E-state index in [0.717, 1.165) is 19.3 Å². The second-order valence-corrected chi connectivity index (χ2v) is 8.15. The van der Waals surface area contributed by atoms with Gasteiger partial charge in [-0.05, 0) is 64.7 Å². The molecule has 1 saturated heterocycles. The Labute approximate surface area is 146 Å². The predicted molar refractivity (Wildman–Crippen MR) is 85.9 cm³/mol. The number of hydrogen-bond donors (Lipinski definition) is 1. The Bertz CT molecular complexity index is 488. The fourth-order valence-corrected chi connectivity index (χ4v) is 3.46. The molecule has 0 radical (unpaired) electrons. The van der Waals surface area contributed by atoms with E-state index in [9.17, 15) is 22.8 Å². The quantitative estimate of drug-likeness (QED) is 0.834. The number of nitrogens with one attached hydrogen (secondary N) is 1. The third kappa shape index (κ3) is 6.08. The zero-order chi connectivity index (χ0) is 18.8. The van der Waals surface area contributed by atoms with Gasteiger partial charge in [-0.3, -0.25) is 4.79 Å². The standard InChI is InChI=1S/C17H27F3N2O3/c1-16(2,3)25-15(24)22-6-4-11(5-7-22)8-12-9-13(10-12)21-14(23)17(18,19)20/h11-13H,4-10H2,1-3H3,(H,21,23). The monoisotopic (exact) mass is 364 g/mol. The lowest BCUT2D eigenvalue weighted by Gasteiger charge is -2.40. The molecule has 5 nitrogen and oxygen atoms in total. The largest absolute Gasteiger partial charge is 0.471 e. The van der Waals surface area contributed by atoms with Gasteiger partial charge in [-0.2, -0.15) is 13.2 Å². The normalized spacial score (nSPS) is 25.3. The van der Waals surface area contributed by atoms with E-state index in [2.05, 4.69) is 0 Å². The summed E-state index contributed by atoms with van der Waals surface area (Å²) >= 11 is 0. The molecule has 0 spiro atoms. The lowest BCUT2D eigenvalue weighted by molar-refractivity contribution is -0.175. The molecule has 2 fully saturated rings. The van der Waals surface area contributed by atoms with Crippen LogP contribution in [0.1, 0.15) is 52.9 Å². The third-order valence-electron chi connectivity index (χ3n) is 4.76. The van der Waals surface area contributed by atoms with Crippen molar-refractivity contribution >= 4 is 12.0 Å². The Morgan fingerprint density at radius 2 is 1.64 bits per heavy atom. The Balaban J connectivity index is 1.64. The van der Waals surface area contributed by atoms with Crippen molar-refractivity contribution < 1.29 is 27.5 Å². The summed E-state index contributed by atoms with van der Waals surface area (Å²) in [6, 6.07) is -0.360. The zero-order valence-corrected chi connectivity index (χ0v) is 15.0. The van der Waals surface area contributed by atoms with E-state index in [1.807, 2.05) is 26.1 Å². The van der Waals surface area contributed by atoms with Gasteiger partial charge in [0.1, 0.15) is 5.60 Å². The first-order chi connectivity index (χ1) is 11.4. The van der Waals surface area contributed by atoms with Crippen LogP contribution in [0.3, 0.4) is 0 Å². The fraction of sp³-hybridized carbons (Fsp3) is 0.882. The van der Waals surface area contributed by atoms with Crippen molar-refractivity contribution in [2.45, 2.75) is 70.7 Å². The van der Waals surface area contributed by atoms with E-state index in [1.54, 1.807) is 4.90 Å². The van der Waals surface area contributed by atoms with E-state index in [1.165, 1.54) is 0 Å². The number of nitrogens with zero attached hydrogens (tertiary/aromatic N) is 1. The molecular weight excluding hydrogens is 337 g/mol. The average Bonchev–Trinajstić information content (AvgIpc) is 2.42. The minimum atomic E-state index is -4.81. The first-order valence-electron chi connectivity index (χ1n) is 8.79. The average molecular weight is 364 g/mol. The summed E-state index contributed by atoms with van der Waals surface area (Å²) in [6.45, 7) is 6.81. The van der Waals surface area contributed by atoms with Crippen molar-refractivity contribution in [2.75, 3.05) is 13.1 Å². The first kappa shape index (κ1) is 19.8. The topological polar surface area (TPSA) is 58.6 Å². The number of alkyl halides is 3. The van der Waals surface area contributed by atoms with Crippen LogP contribution in [0.4, 0.5) is 18.0 Å². The lowest BCUT2D eigenvalue weighted by atomic mass is 9.73. The van der Waals surface area contributed by atoms with Gasteiger partial charge in [0.05, 0.1) is 0 Å². The lowest BCUT2D eigenvalue weighted by Crippen LogP contribution is -2.49. The molecule has 1 aliphatic carbocycles. The van der Waals surface area contributed by atoms with Crippen LogP contribution in [-0.4, -0.2) is 47.8 Å². The summed E-state index contributed by atoms with van der Waals surface area (Å²) < 4.78 is 41.9. The molecule has 1 heterocycles. The molecule has 1 aliphatic heterocycles. The summed E-state index contributed by atoms with van der Waals surface area (Å²) in [4.78, 5) is 24.6. The number of piperidine rings is 1. The molecule has 0 atom stereocenters. The van der Waals surface area contributed by atoms with Crippen LogP contribution in [-0.2, 0) is 9.53 Å². The van der Waals surface area contributed by atoms with E-state index in [0.29, 0.717) is 37.8 Å². The summed E-state index contributed by atoms with van der Waals surface area (Å²) in [5, 5.41) is 2.03. The van der Waals surface area contributed by atoms with Crippen molar-refractivity contribution in [3.63, 3.8) is 0 Å². The van der Waals surface area contributed by atoms with Gasteiger partial charge in [0.2, 0.25) is 0 Å². The van der Waals surface area contributed by atoms with Crippen molar-refractivity contribution in [3.05, 3.63) is 0 Å². The van der Waals surface area contributed by atoms with Crippen molar-refractivity contribution in [1.82, 2.24) is 10.2 Å². The predicted octanol–water partition coefficient (Wildman–Crippen LogP) is 3.48. The molecule has 2 aliphatic rings. The van der Waals surface area contributed by atoms with Crippen LogP contribution in [0.25, 0.3) is 0 Å². The molecule has 25 heavy (non-hydrogen) atoms. The fourth-order valence-electron chi connectivity index (χ4n) is 3.46. The molecule has 2 amide bonds. The van der Waals surface area contributed by atoms with E-state index >= 15 is 0 Å². The highest BCUT2D eigenvalue weighted by Gasteiger charge is 2.42.